The second-order valence-corrected chi connectivity index (χ2v) is 3.79. The second kappa shape index (κ2) is 13.7. The third kappa shape index (κ3) is 13.5. The van der Waals surface area contributed by atoms with Gasteiger partial charge in [0.2, 0.25) is 0 Å². The van der Waals surface area contributed by atoms with Crippen molar-refractivity contribution in [2.24, 2.45) is 0 Å². The van der Waals surface area contributed by atoms with Crippen LogP contribution in [0.2, 0.25) is 0 Å². The van der Waals surface area contributed by atoms with Crippen molar-refractivity contribution in [2.75, 3.05) is 59.8 Å². The second-order valence-electron chi connectivity index (χ2n) is 3.79. The quantitative estimate of drug-likeness (QED) is 0.424. The van der Waals surface area contributed by atoms with Crippen molar-refractivity contribution < 1.29 is 28.8 Å². The Morgan fingerprint density at radius 2 is 1.47 bits per heavy atom. The van der Waals surface area contributed by atoms with Crippen molar-refractivity contribution >= 4 is 5.97 Å². The van der Waals surface area contributed by atoms with Gasteiger partial charge in [0.15, 0.2) is 6.10 Å². The first kappa shape index (κ1) is 18.3. The smallest absolute Gasteiger partial charge is 0.332 e. The first-order chi connectivity index (χ1) is 9.18. The van der Waals surface area contributed by atoms with E-state index in [1.165, 1.54) is 6.92 Å². The highest BCUT2D eigenvalue weighted by atomic mass is 16.6. The average molecular weight is 279 g/mol. The number of aliphatic carboxylic acids is 1. The Morgan fingerprint density at radius 1 is 1.00 bits per heavy atom. The predicted molar refractivity (Wildman–Crippen MR) is 69.4 cm³/mol. The lowest BCUT2D eigenvalue weighted by atomic mass is 10.4. The molecular weight excluding hydrogens is 254 g/mol. The molecule has 7 heteroatoms. The van der Waals surface area contributed by atoms with E-state index in [4.69, 9.17) is 24.1 Å². The third-order valence-electron chi connectivity index (χ3n) is 2.18. The van der Waals surface area contributed by atoms with Crippen molar-refractivity contribution in [1.29, 1.82) is 0 Å². The molecule has 0 aliphatic heterocycles. The lowest BCUT2D eigenvalue weighted by Crippen LogP contribution is -2.22. The highest BCUT2D eigenvalue weighted by Gasteiger charge is 2.09. The average Bonchev–Trinajstić information content (AvgIpc) is 2.39. The molecule has 1 unspecified atom stereocenters. The van der Waals surface area contributed by atoms with Crippen LogP contribution in [0.1, 0.15) is 6.92 Å². The molecule has 0 aromatic heterocycles. The molecule has 0 aliphatic rings. The van der Waals surface area contributed by atoms with E-state index >= 15 is 0 Å². The number of hydrogen-bond donors (Lipinski definition) is 2. The van der Waals surface area contributed by atoms with Crippen molar-refractivity contribution in [3.63, 3.8) is 0 Å². The molecule has 0 bridgehead atoms. The fourth-order valence-corrected chi connectivity index (χ4v) is 1.07. The maximum Gasteiger partial charge on any atom is 0.332 e. The summed E-state index contributed by atoms with van der Waals surface area (Å²) in [7, 11) is 1.87. The van der Waals surface area contributed by atoms with Crippen LogP contribution in [0.3, 0.4) is 0 Å². The summed E-state index contributed by atoms with van der Waals surface area (Å²) in [6.45, 7) is 5.68. The standard InChI is InChI=1S/C12H25NO6/c1-11(12(14)15)19-10-9-18-8-7-17-6-5-16-4-3-13-2/h11,13H,3-10H2,1-2H3,(H,14,15). The molecule has 0 fully saturated rings. The molecule has 19 heavy (non-hydrogen) atoms. The van der Waals surface area contributed by atoms with Gasteiger partial charge in [0.25, 0.3) is 0 Å². The monoisotopic (exact) mass is 279 g/mol. The molecule has 0 saturated heterocycles. The summed E-state index contributed by atoms with van der Waals surface area (Å²) < 4.78 is 20.7. The molecule has 0 saturated carbocycles. The zero-order valence-corrected chi connectivity index (χ0v) is 11.7. The van der Waals surface area contributed by atoms with Crippen LogP contribution in [0.4, 0.5) is 0 Å². The molecule has 0 heterocycles. The van der Waals surface area contributed by atoms with E-state index < -0.39 is 12.1 Å². The number of carbonyl (C=O) groups is 1. The van der Waals surface area contributed by atoms with E-state index in [2.05, 4.69) is 5.32 Å². The Hall–Kier alpha value is -0.730. The van der Waals surface area contributed by atoms with Crippen LogP contribution in [0.25, 0.3) is 0 Å². The largest absolute Gasteiger partial charge is 0.479 e. The van der Waals surface area contributed by atoms with E-state index in [0.717, 1.165) is 6.54 Å². The molecule has 0 radical (unpaired) electrons. The van der Waals surface area contributed by atoms with E-state index in [-0.39, 0.29) is 6.61 Å². The van der Waals surface area contributed by atoms with Gasteiger partial charge in [-0.25, -0.2) is 4.79 Å². The summed E-state index contributed by atoms with van der Waals surface area (Å²) in [5.41, 5.74) is 0. The Morgan fingerprint density at radius 3 is 1.95 bits per heavy atom. The molecular formula is C12H25NO6. The highest BCUT2D eigenvalue weighted by molar-refractivity contribution is 5.71. The molecule has 1 atom stereocenters. The van der Waals surface area contributed by atoms with Crippen LogP contribution in [-0.2, 0) is 23.7 Å². The minimum Gasteiger partial charge on any atom is -0.479 e. The Bertz CT molecular complexity index is 214. The highest BCUT2D eigenvalue weighted by Crippen LogP contribution is 1.90. The van der Waals surface area contributed by atoms with Gasteiger partial charge < -0.3 is 29.4 Å². The summed E-state index contributed by atoms with van der Waals surface area (Å²) in [4.78, 5) is 10.4. The van der Waals surface area contributed by atoms with Gasteiger partial charge in [-0.15, -0.1) is 0 Å². The summed E-state index contributed by atoms with van der Waals surface area (Å²) in [5.74, 6) is -0.971. The number of carboxylic acid groups (broad SMARTS) is 1. The van der Waals surface area contributed by atoms with Gasteiger partial charge in [-0.2, -0.15) is 0 Å². The molecule has 0 aromatic rings. The molecule has 0 amide bonds. The normalized spacial score (nSPS) is 12.5. The Balaban J connectivity index is 3.05. The van der Waals surface area contributed by atoms with Gasteiger partial charge in [0, 0.05) is 6.54 Å². The lowest BCUT2D eigenvalue weighted by molar-refractivity contribution is -0.150. The van der Waals surface area contributed by atoms with Crippen LogP contribution in [0.5, 0.6) is 0 Å². The maximum atomic E-state index is 10.4. The number of nitrogens with one attached hydrogen (secondary N) is 1. The third-order valence-corrected chi connectivity index (χ3v) is 2.18. The Labute approximate surface area is 114 Å². The van der Waals surface area contributed by atoms with Gasteiger partial charge in [0.05, 0.1) is 46.2 Å². The van der Waals surface area contributed by atoms with Crippen LogP contribution >= 0.6 is 0 Å². The van der Waals surface area contributed by atoms with Gasteiger partial charge >= 0.3 is 5.97 Å². The topological polar surface area (TPSA) is 86.3 Å². The minimum absolute atomic E-state index is 0.264. The summed E-state index contributed by atoms with van der Waals surface area (Å²) in [5, 5.41) is 11.5. The van der Waals surface area contributed by atoms with Gasteiger partial charge in [-0.1, -0.05) is 0 Å². The summed E-state index contributed by atoms with van der Waals surface area (Å²) >= 11 is 0. The maximum absolute atomic E-state index is 10.4. The fourth-order valence-electron chi connectivity index (χ4n) is 1.07. The molecule has 2 N–H and O–H groups in total. The fraction of sp³-hybridized carbons (Fsp3) is 0.917. The van der Waals surface area contributed by atoms with E-state index in [1.807, 2.05) is 7.05 Å². The predicted octanol–water partition coefficient (Wildman–Crippen LogP) is -0.255. The number of hydrogen-bond acceptors (Lipinski definition) is 6. The molecule has 0 aromatic carbocycles. The lowest BCUT2D eigenvalue weighted by Gasteiger charge is -2.09. The van der Waals surface area contributed by atoms with Crippen LogP contribution in [-0.4, -0.2) is 77.0 Å². The van der Waals surface area contributed by atoms with Crippen molar-refractivity contribution in [1.82, 2.24) is 5.32 Å². The van der Waals surface area contributed by atoms with Crippen LogP contribution < -0.4 is 5.32 Å². The molecule has 0 aliphatic carbocycles. The zero-order chi connectivity index (χ0) is 14.3. The van der Waals surface area contributed by atoms with Crippen molar-refractivity contribution in [2.45, 2.75) is 13.0 Å². The first-order valence-corrected chi connectivity index (χ1v) is 6.40. The molecule has 7 nitrogen and oxygen atoms in total. The van der Waals surface area contributed by atoms with Gasteiger partial charge in [0.1, 0.15) is 0 Å². The molecule has 0 spiro atoms. The number of rotatable bonds is 14. The summed E-state index contributed by atoms with van der Waals surface area (Å²) in [6.07, 6.45) is -0.797. The number of ether oxygens (including phenoxy) is 4. The zero-order valence-electron chi connectivity index (χ0n) is 11.7. The van der Waals surface area contributed by atoms with Crippen molar-refractivity contribution in [3.05, 3.63) is 0 Å². The number of carboxylic acids is 1. The molecule has 114 valence electrons. The van der Waals surface area contributed by atoms with Crippen LogP contribution in [0, 0.1) is 0 Å². The molecule has 0 rings (SSSR count). The van der Waals surface area contributed by atoms with E-state index in [9.17, 15) is 4.79 Å². The van der Waals surface area contributed by atoms with E-state index in [0.29, 0.717) is 39.6 Å². The van der Waals surface area contributed by atoms with Gasteiger partial charge in [-0.05, 0) is 14.0 Å². The number of likely N-dealkylation sites (N-methyl/N-ethyl adjacent to an activating group) is 1. The van der Waals surface area contributed by atoms with E-state index in [1.54, 1.807) is 0 Å². The summed E-state index contributed by atoms with van der Waals surface area (Å²) in [6, 6.07) is 0. The van der Waals surface area contributed by atoms with Gasteiger partial charge in [-0.3, -0.25) is 0 Å². The first-order valence-electron chi connectivity index (χ1n) is 6.40. The van der Waals surface area contributed by atoms with Crippen LogP contribution in [0.15, 0.2) is 0 Å². The SMILES string of the molecule is CNCCOCCOCCOCCOC(C)C(=O)O. The van der Waals surface area contributed by atoms with Crippen molar-refractivity contribution in [3.8, 4) is 0 Å². The Kier molecular flexibility index (Phi) is 13.2. The minimum atomic E-state index is -0.971.